The van der Waals surface area contributed by atoms with Gasteiger partial charge < -0.3 is 9.88 Å². The summed E-state index contributed by atoms with van der Waals surface area (Å²) in [5.41, 5.74) is 2.18. The molecule has 0 aliphatic carbocycles. The van der Waals surface area contributed by atoms with E-state index < -0.39 is 5.82 Å². The van der Waals surface area contributed by atoms with E-state index in [0.29, 0.717) is 16.1 Å². The van der Waals surface area contributed by atoms with Crippen molar-refractivity contribution in [2.24, 2.45) is 7.05 Å². The Bertz CT molecular complexity index is 886. The SMILES string of the molecule is Cc1cc(Cl)c(NC(=O)c2cn(C)c3ccccc23)cc1F. The standard InChI is InChI=1S/C17H14ClFN2O/c1-10-7-13(18)15(8-14(10)19)20-17(22)12-9-21(2)16-6-4-3-5-11(12)16/h3-9H,1-2H3,(H,20,22). The van der Waals surface area contributed by atoms with Crippen LogP contribution in [0.4, 0.5) is 10.1 Å². The molecule has 1 amide bonds. The molecule has 0 aliphatic rings. The molecule has 0 saturated carbocycles. The molecular formula is C17H14ClFN2O. The highest BCUT2D eigenvalue weighted by molar-refractivity contribution is 6.34. The Morgan fingerprint density at radius 3 is 2.77 bits per heavy atom. The van der Waals surface area contributed by atoms with Crippen LogP contribution in [0.2, 0.25) is 5.02 Å². The Hall–Kier alpha value is -2.33. The van der Waals surface area contributed by atoms with Crippen molar-refractivity contribution >= 4 is 34.1 Å². The fourth-order valence-electron chi connectivity index (χ4n) is 2.45. The Labute approximate surface area is 132 Å². The highest BCUT2D eigenvalue weighted by Gasteiger charge is 2.15. The molecule has 0 atom stereocenters. The van der Waals surface area contributed by atoms with Crippen LogP contribution in [-0.2, 0) is 7.05 Å². The summed E-state index contributed by atoms with van der Waals surface area (Å²) in [7, 11) is 1.87. The van der Waals surface area contributed by atoms with Crippen molar-refractivity contribution < 1.29 is 9.18 Å². The second kappa shape index (κ2) is 5.46. The average molecular weight is 317 g/mol. The third-order valence-corrected chi connectivity index (χ3v) is 3.95. The van der Waals surface area contributed by atoms with Crippen LogP contribution in [0.25, 0.3) is 10.9 Å². The predicted octanol–water partition coefficient (Wildman–Crippen LogP) is 4.53. The summed E-state index contributed by atoms with van der Waals surface area (Å²) >= 11 is 6.07. The number of hydrogen-bond acceptors (Lipinski definition) is 1. The Morgan fingerprint density at radius 2 is 2.00 bits per heavy atom. The third-order valence-electron chi connectivity index (χ3n) is 3.64. The molecule has 0 unspecified atom stereocenters. The molecule has 3 nitrogen and oxygen atoms in total. The second-order valence-corrected chi connectivity index (χ2v) is 5.61. The van der Waals surface area contributed by atoms with E-state index >= 15 is 0 Å². The van der Waals surface area contributed by atoms with E-state index in [-0.39, 0.29) is 11.6 Å². The highest BCUT2D eigenvalue weighted by Crippen LogP contribution is 2.27. The van der Waals surface area contributed by atoms with E-state index in [1.165, 1.54) is 12.1 Å². The van der Waals surface area contributed by atoms with Crippen molar-refractivity contribution in [1.82, 2.24) is 4.57 Å². The summed E-state index contributed by atoms with van der Waals surface area (Å²) in [5, 5.41) is 3.83. The fraction of sp³-hybridized carbons (Fsp3) is 0.118. The van der Waals surface area contributed by atoms with Crippen molar-refractivity contribution in [3.63, 3.8) is 0 Å². The summed E-state index contributed by atoms with van der Waals surface area (Å²) < 4.78 is 15.5. The molecule has 3 aromatic rings. The molecule has 1 N–H and O–H groups in total. The lowest BCUT2D eigenvalue weighted by Crippen LogP contribution is -2.12. The van der Waals surface area contributed by atoms with Crippen LogP contribution in [0.5, 0.6) is 0 Å². The van der Waals surface area contributed by atoms with Crippen LogP contribution in [0, 0.1) is 12.7 Å². The van der Waals surface area contributed by atoms with Crippen LogP contribution in [0.3, 0.4) is 0 Å². The maximum absolute atomic E-state index is 13.7. The quantitative estimate of drug-likeness (QED) is 0.740. The molecule has 1 heterocycles. The van der Waals surface area contributed by atoms with Crippen molar-refractivity contribution in [3.05, 3.63) is 64.6 Å². The van der Waals surface area contributed by atoms with E-state index in [1.54, 1.807) is 13.1 Å². The predicted molar refractivity (Wildman–Crippen MR) is 87.0 cm³/mol. The summed E-state index contributed by atoms with van der Waals surface area (Å²) in [4.78, 5) is 12.5. The number of carbonyl (C=O) groups is 1. The molecule has 0 saturated heterocycles. The summed E-state index contributed by atoms with van der Waals surface area (Å²) in [5.74, 6) is -0.723. The Kier molecular flexibility index (Phi) is 3.62. The minimum atomic E-state index is -0.405. The van der Waals surface area contributed by atoms with Crippen molar-refractivity contribution in [1.29, 1.82) is 0 Å². The van der Waals surface area contributed by atoms with Crippen LogP contribution < -0.4 is 5.32 Å². The average Bonchev–Trinajstić information content (AvgIpc) is 2.83. The molecule has 2 aromatic carbocycles. The number of aryl methyl sites for hydroxylation is 2. The van der Waals surface area contributed by atoms with Gasteiger partial charge in [-0.2, -0.15) is 0 Å². The lowest BCUT2D eigenvalue weighted by molar-refractivity contribution is 0.102. The van der Waals surface area contributed by atoms with Gasteiger partial charge in [-0.25, -0.2) is 4.39 Å². The molecule has 0 aliphatic heterocycles. The number of fused-ring (bicyclic) bond motifs is 1. The summed E-state index contributed by atoms with van der Waals surface area (Å²) in [6.07, 6.45) is 1.75. The molecule has 3 rings (SSSR count). The molecule has 1 aromatic heterocycles. The van der Waals surface area contributed by atoms with E-state index in [4.69, 9.17) is 11.6 Å². The number of para-hydroxylation sites is 1. The minimum absolute atomic E-state index is 0.266. The fourth-order valence-corrected chi connectivity index (χ4v) is 2.72. The molecule has 5 heteroatoms. The van der Waals surface area contributed by atoms with Gasteiger partial charge in [0.2, 0.25) is 0 Å². The van der Waals surface area contributed by atoms with Gasteiger partial charge in [-0.05, 0) is 30.7 Å². The van der Waals surface area contributed by atoms with Gasteiger partial charge in [-0.1, -0.05) is 29.8 Å². The van der Waals surface area contributed by atoms with Gasteiger partial charge in [-0.3, -0.25) is 4.79 Å². The summed E-state index contributed by atoms with van der Waals surface area (Å²) in [6, 6.07) is 10.3. The topological polar surface area (TPSA) is 34.0 Å². The molecular weight excluding hydrogens is 303 g/mol. The first-order valence-corrected chi connectivity index (χ1v) is 7.16. The lowest BCUT2D eigenvalue weighted by Gasteiger charge is -2.08. The van der Waals surface area contributed by atoms with Gasteiger partial charge in [0.25, 0.3) is 5.91 Å². The molecule has 22 heavy (non-hydrogen) atoms. The van der Waals surface area contributed by atoms with Gasteiger partial charge in [0.1, 0.15) is 5.82 Å². The number of anilines is 1. The van der Waals surface area contributed by atoms with Crippen LogP contribution in [0.1, 0.15) is 15.9 Å². The molecule has 112 valence electrons. The van der Waals surface area contributed by atoms with E-state index in [1.807, 2.05) is 35.9 Å². The number of nitrogens with one attached hydrogen (secondary N) is 1. The molecule has 0 fully saturated rings. The molecule has 0 bridgehead atoms. The van der Waals surface area contributed by atoms with Gasteiger partial charge in [0, 0.05) is 24.1 Å². The zero-order valence-corrected chi connectivity index (χ0v) is 12.9. The maximum atomic E-state index is 13.7. The first kappa shape index (κ1) is 14.6. The van der Waals surface area contributed by atoms with Gasteiger partial charge in [0.15, 0.2) is 0 Å². The second-order valence-electron chi connectivity index (χ2n) is 5.21. The Balaban J connectivity index is 1.99. The van der Waals surface area contributed by atoms with Crippen molar-refractivity contribution in [2.45, 2.75) is 6.92 Å². The summed E-state index contributed by atoms with van der Waals surface area (Å²) in [6.45, 7) is 1.62. The van der Waals surface area contributed by atoms with Gasteiger partial charge >= 0.3 is 0 Å². The van der Waals surface area contributed by atoms with Crippen LogP contribution >= 0.6 is 11.6 Å². The molecule has 0 radical (unpaired) electrons. The molecule has 0 spiro atoms. The maximum Gasteiger partial charge on any atom is 0.257 e. The smallest absolute Gasteiger partial charge is 0.257 e. The number of halogens is 2. The zero-order chi connectivity index (χ0) is 15.9. The van der Waals surface area contributed by atoms with Crippen molar-refractivity contribution in [3.8, 4) is 0 Å². The lowest BCUT2D eigenvalue weighted by atomic mass is 10.1. The number of aromatic nitrogens is 1. The van der Waals surface area contributed by atoms with Crippen molar-refractivity contribution in [2.75, 3.05) is 5.32 Å². The van der Waals surface area contributed by atoms with Crippen LogP contribution in [0.15, 0.2) is 42.6 Å². The first-order valence-electron chi connectivity index (χ1n) is 6.78. The monoisotopic (exact) mass is 316 g/mol. The number of carbonyl (C=O) groups excluding carboxylic acids is 1. The number of amides is 1. The van der Waals surface area contributed by atoms with E-state index in [2.05, 4.69) is 5.32 Å². The van der Waals surface area contributed by atoms with Gasteiger partial charge in [0.05, 0.1) is 16.3 Å². The zero-order valence-electron chi connectivity index (χ0n) is 12.2. The third kappa shape index (κ3) is 2.46. The Morgan fingerprint density at radius 1 is 1.27 bits per heavy atom. The first-order chi connectivity index (χ1) is 10.5. The van der Waals surface area contributed by atoms with Crippen LogP contribution in [-0.4, -0.2) is 10.5 Å². The number of nitrogens with zero attached hydrogens (tertiary/aromatic N) is 1. The van der Waals surface area contributed by atoms with E-state index in [0.717, 1.165) is 10.9 Å². The van der Waals surface area contributed by atoms with E-state index in [9.17, 15) is 9.18 Å². The highest BCUT2D eigenvalue weighted by atomic mass is 35.5. The minimum Gasteiger partial charge on any atom is -0.350 e. The van der Waals surface area contributed by atoms with Gasteiger partial charge in [-0.15, -0.1) is 0 Å². The largest absolute Gasteiger partial charge is 0.350 e. The number of benzene rings is 2. The number of rotatable bonds is 2. The number of hydrogen-bond donors (Lipinski definition) is 1. The normalized spacial score (nSPS) is 10.9.